The molecule has 88 valence electrons. The Hall–Kier alpha value is -2.44. The quantitative estimate of drug-likeness (QED) is 0.628. The van der Waals surface area contributed by atoms with Crippen LogP contribution in [-0.4, -0.2) is 14.9 Å². The molecule has 0 atom stereocenters. The third-order valence-corrected chi connectivity index (χ3v) is 2.16. The van der Waals surface area contributed by atoms with Crippen LogP contribution in [-0.2, 0) is 6.54 Å². The molecular formula is C10H9FN4O2. The Morgan fingerprint density at radius 1 is 1.53 bits per heavy atom. The van der Waals surface area contributed by atoms with Crippen LogP contribution < -0.4 is 5.32 Å². The van der Waals surface area contributed by atoms with Gasteiger partial charge in [0.15, 0.2) is 5.82 Å². The van der Waals surface area contributed by atoms with E-state index in [1.54, 1.807) is 12.4 Å². The number of imidazole rings is 1. The van der Waals surface area contributed by atoms with Gasteiger partial charge in [-0.3, -0.25) is 10.1 Å². The van der Waals surface area contributed by atoms with Gasteiger partial charge in [0.25, 0.3) is 5.69 Å². The lowest BCUT2D eigenvalue weighted by Crippen LogP contribution is -2.03. The molecule has 0 aliphatic carbocycles. The normalized spacial score (nSPS) is 10.2. The summed E-state index contributed by atoms with van der Waals surface area (Å²) in [7, 11) is 0. The van der Waals surface area contributed by atoms with Gasteiger partial charge in [0.05, 0.1) is 23.2 Å². The van der Waals surface area contributed by atoms with Crippen LogP contribution in [0, 0.1) is 15.9 Å². The van der Waals surface area contributed by atoms with Gasteiger partial charge >= 0.3 is 0 Å². The minimum atomic E-state index is -0.661. The Kier molecular flexibility index (Phi) is 2.99. The van der Waals surface area contributed by atoms with Crippen molar-refractivity contribution in [2.75, 3.05) is 5.32 Å². The second-order valence-electron chi connectivity index (χ2n) is 3.31. The highest BCUT2D eigenvalue weighted by Crippen LogP contribution is 2.20. The Morgan fingerprint density at radius 3 is 2.94 bits per heavy atom. The van der Waals surface area contributed by atoms with Crippen molar-refractivity contribution in [2.45, 2.75) is 6.54 Å². The molecule has 0 unspecified atom stereocenters. The second-order valence-corrected chi connectivity index (χ2v) is 3.31. The van der Waals surface area contributed by atoms with Crippen LogP contribution in [0.15, 0.2) is 30.6 Å². The standard InChI is InChI=1S/C10H9FN4O2/c11-8-5-7(15(16)17)1-2-9(8)14-6-10-12-3-4-13-10/h1-5,14H,6H2,(H,12,13). The number of halogens is 1. The number of aromatic nitrogens is 2. The predicted molar refractivity (Wildman–Crippen MR) is 59.0 cm³/mol. The van der Waals surface area contributed by atoms with E-state index in [1.807, 2.05) is 0 Å². The number of nitro groups is 1. The van der Waals surface area contributed by atoms with Crippen LogP contribution in [0.25, 0.3) is 0 Å². The van der Waals surface area contributed by atoms with Crippen molar-refractivity contribution in [3.63, 3.8) is 0 Å². The highest BCUT2D eigenvalue weighted by Gasteiger charge is 2.10. The molecule has 0 amide bonds. The zero-order valence-corrected chi connectivity index (χ0v) is 8.68. The number of nitro benzene ring substituents is 1. The summed E-state index contributed by atoms with van der Waals surface area (Å²) in [4.78, 5) is 16.6. The third kappa shape index (κ3) is 2.57. The van der Waals surface area contributed by atoms with Crippen molar-refractivity contribution < 1.29 is 9.31 Å². The molecule has 0 aliphatic rings. The van der Waals surface area contributed by atoms with Crippen molar-refractivity contribution in [3.8, 4) is 0 Å². The Balaban J connectivity index is 2.09. The van der Waals surface area contributed by atoms with Gasteiger partial charge in [-0.15, -0.1) is 0 Å². The predicted octanol–water partition coefficient (Wildman–Crippen LogP) is 2.07. The van der Waals surface area contributed by atoms with Gasteiger partial charge in [0, 0.05) is 18.5 Å². The van der Waals surface area contributed by atoms with Crippen LogP contribution in [0.3, 0.4) is 0 Å². The molecule has 1 aromatic carbocycles. The van der Waals surface area contributed by atoms with E-state index >= 15 is 0 Å². The van der Waals surface area contributed by atoms with E-state index in [1.165, 1.54) is 12.1 Å². The van der Waals surface area contributed by atoms with E-state index in [4.69, 9.17) is 0 Å². The summed E-state index contributed by atoms with van der Waals surface area (Å²) in [5.41, 5.74) is -0.0713. The highest BCUT2D eigenvalue weighted by molar-refractivity contribution is 5.50. The molecule has 1 heterocycles. The molecule has 7 heteroatoms. The van der Waals surface area contributed by atoms with Gasteiger partial charge in [-0.25, -0.2) is 9.37 Å². The lowest BCUT2D eigenvalue weighted by atomic mass is 10.2. The Labute approximate surface area is 95.7 Å². The topological polar surface area (TPSA) is 83.8 Å². The maximum atomic E-state index is 13.4. The molecule has 0 radical (unpaired) electrons. The van der Waals surface area contributed by atoms with Crippen molar-refractivity contribution in [3.05, 3.63) is 52.3 Å². The maximum absolute atomic E-state index is 13.4. The van der Waals surface area contributed by atoms with Crippen LogP contribution >= 0.6 is 0 Å². The van der Waals surface area contributed by atoms with E-state index < -0.39 is 10.7 Å². The first-order chi connectivity index (χ1) is 8.16. The van der Waals surface area contributed by atoms with Gasteiger partial charge in [0.1, 0.15) is 5.82 Å². The smallest absolute Gasteiger partial charge is 0.272 e. The van der Waals surface area contributed by atoms with E-state index in [2.05, 4.69) is 15.3 Å². The number of H-pyrrole nitrogens is 1. The van der Waals surface area contributed by atoms with Crippen LogP contribution in [0.5, 0.6) is 0 Å². The van der Waals surface area contributed by atoms with Crippen LogP contribution in [0.2, 0.25) is 0 Å². The molecule has 0 saturated carbocycles. The molecule has 0 spiro atoms. The highest BCUT2D eigenvalue weighted by atomic mass is 19.1. The molecular weight excluding hydrogens is 227 g/mol. The molecule has 1 aromatic heterocycles. The molecule has 2 N–H and O–H groups in total. The van der Waals surface area contributed by atoms with E-state index in [9.17, 15) is 14.5 Å². The lowest BCUT2D eigenvalue weighted by Gasteiger charge is -2.05. The van der Waals surface area contributed by atoms with Gasteiger partial charge in [-0.1, -0.05) is 0 Å². The summed E-state index contributed by atoms with van der Waals surface area (Å²) in [5, 5.41) is 13.2. The average Bonchev–Trinajstić information content (AvgIpc) is 2.80. The SMILES string of the molecule is O=[N+]([O-])c1ccc(NCc2ncc[nH]2)c(F)c1. The first-order valence-corrected chi connectivity index (χ1v) is 4.83. The molecule has 17 heavy (non-hydrogen) atoms. The number of nitrogens with one attached hydrogen (secondary N) is 2. The number of non-ortho nitro benzene ring substituents is 1. The fraction of sp³-hybridized carbons (Fsp3) is 0.100. The van der Waals surface area contributed by atoms with E-state index in [0.717, 1.165) is 6.07 Å². The van der Waals surface area contributed by atoms with Gasteiger partial charge in [-0.2, -0.15) is 0 Å². The number of aromatic amines is 1. The van der Waals surface area contributed by atoms with Crippen molar-refractivity contribution in [1.82, 2.24) is 9.97 Å². The number of benzene rings is 1. The average molecular weight is 236 g/mol. The number of rotatable bonds is 4. The van der Waals surface area contributed by atoms with Crippen LogP contribution in [0.1, 0.15) is 5.82 Å². The molecule has 2 aromatic rings. The zero-order chi connectivity index (χ0) is 12.3. The fourth-order valence-electron chi connectivity index (χ4n) is 1.33. The molecule has 0 saturated heterocycles. The summed E-state index contributed by atoms with van der Waals surface area (Å²) < 4.78 is 13.4. The fourth-order valence-corrected chi connectivity index (χ4v) is 1.33. The second kappa shape index (κ2) is 4.60. The molecule has 0 bridgehead atoms. The summed E-state index contributed by atoms with van der Waals surface area (Å²) in [6.45, 7) is 0.321. The monoisotopic (exact) mass is 236 g/mol. The zero-order valence-electron chi connectivity index (χ0n) is 8.68. The van der Waals surface area contributed by atoms with Gasteiger partial charge in [0.2, 0.25) is 0 Å². The Morgan fingerprint density at radius 2 is 2.35 bits per heavy atom. The van der Waals surface area contributed by atoms with E-state index in [-0.39, 0.29) is 11.4 Å². The maximum Gasteiger partial charge on any atom is 0.272 e. The molecule has 2 rings (SSSR count). The minimum absolute atomic E-state index is 0.201. The van der Waals surface area contributed by atoms with Crippen molar-refractivity contribution in [1.29, 1.82) is 0 Å². The van der Waals surface area contributed by atoms with Crippen molar-refractivity contribution >= 4 is 11.4 Å². The molecule has 0 fully saturated rings. The summed E-state index contributed by atoms with van der Waals surface area (Å²) in [5.74, 6) is -0.00601. The first kappa shape index (κ1) is 11.1. The Bertz CT molecular complexity index is 527. The van der Waals surface area contributed by atoms with Crippen molar-refractivity contribution in [2.24, 2.45) is 0 Å². The lowest BCUT2D eigenvalue weighted by molar-refractivity contribution is -0.385. The van der Waals surface area contributed by atoms with E-state index in [0.29, 0.717) is 12.4 Å². The van der Waals surface area contributed by atoms with Crippen LogP contribution in [0.4, 0.5) is 15.8 Å². The number of anilines is 1. The van der Waals surface area contributed by atoms with Gasteiger partial charge in [-0.05, 0) is 6.07 Å². The number of nitrogens with zero attached hydrogens (tertiary/aromatic N) is 2. The third-order valence-electron chi connectivity index (χ3n) is 2.16. The first-order valence-electron chi connectivity index (χ1n) is 4.83. The summed E-state index contributed by atoms with van der Waals surface area (Å²) in [6, 6.07) is 3.45. The minimum Gasteiger partial charge on any atom is -0.375 e. The van der Waals surface area contributed by atoms with Gasteiger partial charge < -0.3 is 10.3 Å². The summed E-state index contributed by atoms with van der Waals surface area (Å²) in [6.07, 6.45) is 3.24. The molecule has 0 aliphatic heterocycles. The number of hydrogen-bond acceptors (Lipinski definition) is 4. The largest absolute Gasteiger partial charge is 0.375 e. The summed E-state index contributed by atoms with van der Waals surface area (Å²) >= 11 is 0. The number of hydrogen-bond donors (Lipinski definition) is 2. The molecule has 6 nitrogen and oxygen atoms in total.